The van der Waals surface area contributed by atoms with Crippen molar-refractivity contribution in [3.05, 3.63) is 22.8 Å². The molecule has 0 spiro atoms. The fourth-order valence-corrected chi connectivity index (χ4v) is 2.02. The van der Waals surface area contributed by atoms with Crippen LogP contribution in [0.4, 0.5) is 0 Å². The van der Waals surface area contributed by atoms with Gasteiger partial charge in [0.15, 0.2) is 5.69 Å². The summed E-state index contributed by atoms with van der Waals surface area (Å²) in [6.45, 7) is 3.52. The van der Waals surface area contributed by atoms with Crippen LogP contribution in [-0.2, 0) is 19.4 Å². The van der Waals surface area contributed by atoms with Crippen LogP contribution in [0.2, 0.25) is 0 Å². The number of unbranched alkanes of at least 4 members (excludes halogenated alkanes) is 1. The standard InChI is InChI=1S/C12H17N3O2/c1-2-3-4-10-14-9-5-6-13-7-8(9)11(15-10)12(16)17/h13H,2-7H2,1H3,(H,16,17). The first-order chi connectivity index (χ1) is 8.22. The summed E-state index contributed by atoms with van der Waals surface area (Å²) in [5, 5.41) is 12.3. The summed E-state index contributed by atoms with van der Waals surface area (Å²) >= 11 is 0. The third-order valence-electron chi connectivity index (χ3n) is 2.94. The van der Waals surface area contributed by atoms with Gasteiger partial charge in [-0.1, -0.05) is 13.3 Å². The maximum absolute atomic E-state index is 11.2. The lowest BCUT2D eigenvalue weighted by molar-refractivity contribution is 0.0688. The molecule has 2 heterocycles. The highest BCUT2D eigenvalue weighted by atomic mass is 16.4. The van der Waals surface area contributed by atoms with Crippen molar-refractivity contribution in [2.75, 3.05) is 6.54 Å². The zero-order chi connectivity index (χ0) is 12.3. The lowest BCUT2D eigenvalue weighted by Crippen LogP contribution is -2.28. The number of carbonyl (C=O) groups is 1. The van der Waals surface area contributed by atoms with E-state index in [0.29, 0.717) is 12.4 Å². The highest BCUT2D eigenvalue weighted by Gasteiger charge is 2.21. The number of carboxylic acids is 1. The maximum atomic E-state index is 11.2. The van der Waals surface area contributed by atoms with Crippen LogP contribution in [0.3, 0.4) is 0 Å². The molecule has 1 aromatic rings. The first-order valence-corrected chi connectivity index (χ1v) is 6.05. The van der Waals surface area contributed by atoms with Gasteiger partial charge in [0.1, 0.15) is 5.82 Å². The molecule has 2 N–H and O–H groups in total. The molecule has 5 nitrogen and oxygen atoms in total. The molecule has 0 saturated carbocycles. The molecule has 0 radical (unpaired) electrons. The Morgan fingerprint density at radius 2 is 2.29 bits per heavy atom. The molecule has 0 amide bonds. The predicted octanol–water partition coefficient (Wildman–Crippen LogP) is 1.16. The minimum Gasteiger partial charge on any atom is -0.476 e. The van der Waals surface area contributed by atoms with E-state index in [1.807, 2.05) is 0 Å². The Kier molecular flexibility index (Phi) is 3.68. The summed E-state index contributed by atoms with van der Waals surface area (Å²) in [6.07, 6.45) is 3.61. The third kappa shape index (κ3) is 2.61. The Balaban J connectivity index is 2.37. The molecule has 0 atom stereocenters. The number of carboxylic acid groups (broad SMARTS) is 1. The molecule has 1 aliphatic rings. The average molecular weight is 235 g/mol. The van der Waals surface area contributed by atoms with E-state index in [-0.39, 0.29) is 5.69 Å². The Morgan fingerprint density at radius 1 is 1.47 bits per heavy atom. The van der Waals surface area contributed by atoms with Crippen molar-refractivity contribution in [1.29, 1.82) is 0 Å². The molecule has 1 aliphatic heterocycles. The molecule has 5 heteroatoms. The Morgan fingerprint density at radius 3 is 3.00 bits per heavy atom. The smallest absolute Gasteiger partial charge is 0.354 e. The number of hydrogen-bond donors (Lipinski definition) is 2. The van der Waals surface area contributed by atoms with Crippen LogP contribution in [0, 0.1) is 0 Å². The second-order valence-corrected chi connectivity index (χ2v) is 4.25. The highest BCUT2D eigenvalue weighted by molar-refractivity contribution is 5.87. The van der Waals surface area contributed by atoms with E-state index >= 15 is 0 Å². The lowest BCUT2D eigenvalue weighted by Gasteiger charge is -2.18. The second kappa shape index (κ2) is 5.23. The number of aromatic nitrogens is 2. The molecule has 0 bridgehead atoms. The van der Waals surface area contributed by atoms with Crippen molar-refractivity contribution in [2.45, 2.75) is 39.2 Å². The zero-order valence-electron chi connectivity index (χ0n) is 9.99. The summed E-state index contributed by atoms with van der Waals surface area (Å²) in [4.78, 5) is 19.8. The van der Waals surface area contributed by atoms with Gasteiger partial charge in [0.05, 0.1) is 5.69 Å². The SMILES string of the molecule is CCCCc1nc2c(c(C(=O)O)n1)CNCC2. The molecule has 92 valence electrons. The van der Waals surface area contributed by atoms with E-state index in [9.17, 15) is 9.90 Å². The van der Waals surface area contributed by atoms with Gasteiger partial charge in [-0.25, -0.2) is 14.8 Å². The average Bonchev–Trinajstić information content (AvgIpc) is 2.35. The molecular formula is C12H17N3O2. The van der Waals surface area contributed by atoms with Crippen LogP contribution in [-0.4, -0.2) is 27.6 Å². The Hall–Kier alpha value is -1.49. The first-order valence-electron chi connectivity index (χ1n) is 6.05. The van der Waals surface area contributed by atoms with Crippen LogP contribution < -0.4 is 5.32 Å². The quantitative estimate of drug-likeness (QED) is 0.819. The Labute approximate surface area is 100 Å². The molecule has 0 aliphatic carbocycles. The maximum Gasteiger partial charge on any atom is 0.354 e. The number of aryl methyl sites for hydroxylation is 1. The lowest BCUT2D eigenvalue weighted by atomic mass is 10.0. The van der Waals surface area contributed by atoms with E-state index in [0.717, 1.165) is 43.5 Å². The van der Waals surface area contributed by atoms with Gasteiger partial charge in [-0.2, -0.15) is 0 Å². The minimum atomic E-state index is -0.954. The number of nitrogens with zero attached hydrogens (tertiary/aromatic N) is 2. The van der Waals surface area contributed by atoms with E-state index in [1.165, 1.54) is 0 Å². The number of nitrogens with one attached hydrogen (secondary N) is 1. The van der Waals surface area contributed by atoms with Crippen molar-refractivity contribution in [3.8, 4) is 0 Å². The number of fused-ring (bicyclic) bond motifs is 1. The highest BCUT2D eigenvalue weighted by Crippen LogP contribution is 2.16. The van der Waals surface area contributed by atoms with E-state index in [4.69, 9.17) is 0 Å². The Bertz CT molecular complexity index is 432. The minimum absolute atomic E-state index is 0.174. The molecule has 0 fully saturated rings. The number of aromatic carboxylic acids is 1. The van der Waals surface area contributed by atoms with Gasteiger partial charge < -0.3 is 10.4 Å². The zero-order valence-corrected chi connectivity index (χ0v) is 9.99. The third-order valence-corrected chi connectivity index (χ3v) is 2.94. The van der Waals surface area contributed by atoms with Gasteiger partial charge in [0.25, 0.3) is 0 Å². The van der Waals surface area contributed by atoms with Crippen LogP contribution in [0.25, 0.3) is 0 Å². The van der Waals surface area contributed by atoms with Crippen LogP contribution >= 0.6 is 0 Å². The normalized spacial score (nSPS) is 14.4. The van der Waals surface area contributed by atoms with Gasteiger partial charge >= 0.3 is 5.97 Å². The van der Waals surface area contributed by atoms with E-state index in [1.54, 1.807) is 0 Å². The molecular weight excluding hydrogens is 218 g/mol. The van der Waals surface area contributed by atoms with Crippen molar-refractivity contribution in [1.82, 2.24) is 15.3 Å². The summed E-state index contributed by atoms with van der Waals surface area (Å²) in [5.74, 6) is -0.282. The first kappa shape index (κ1) is 12.0. The van der Waals surface area contributed by atoms with Crippen molar-refractivity contribution < 1.29 is 9.90 Å². The van der Waals surface area contributed by atoms with Gasteiger partial charge in [-0.05, 0) is 6.42 Å². The van der Waals surface area contributed by atoms with E-state index < -0.39 is 5.97 Å². The fraction of sp³-hybridized carbons (Fsp3) is 0.583. The summed E-state index contributed by atoms with van der Waals surface area (Å²) in [7, 11) is 0. The molecule has 0 aromatic carbocycles. The summed E-state index contributed by atoms with van der Waals surface area (Å²) in [5.41, 5.74) is 1.83. The van der Waals surface area contributed by atoms with Crippen molar-refractivity contribution in [3.63, 3.8) is 0 Å². The van der Waals surface area contributed by atoms with Crippen LogP contribution in [0.5, 0.6) is 0 Å². The molecule has 2 rings (SSSR count). The summed E-state index contributed by atoms with van der Waals surface area (Å²) < 4.78 is 0. The van der Waals surface area contributed by atoms with Gasteiger partial charge in [-0.15, -0.1) is 0 Å². The second-order valence-electron chi connectivity index (χ2n) is 4.25. The molecule has 0 saturated heterocycles. The molecule has 0 unspecified atom stereocenters. The summed E-state index contributed by atoms with van der Waals surface area (Å²) in [6, 6.07) is 0. The number of rotatable bonds is 4. The van der Waals surface area contributed by atoms with Gasteiger partial charge in [0.2, 0.25) is 0 Å². The van der Waals surface area contributed by atoms with Gasteiger partial charge in [0, 0.05) is 31.5 Å². The number of hydrogen-bond acceptors (Lipinski definition) is 4. The van der Waals surface area contributed by atoms with E-state index in [2.05, 4.69) is 22.2 Å². The molecule has 17 heavy (non-hydrogen) atoms. The molecule has 1 aromatic heterocycles. The van der Waals surface area contributed by atoms with Crippen LogP contribution in [0.1, 0.15) is 47.3 Å². The van der Waals surface area contributed by atoms with Crippen LogP contribution in [0.15, 0.2) is 0 Å². The topological polar surface area (TPSA) is 75.1 Å². The predicted molar refractivity (Wildman–Crippen MR) is 63.0 cm³/mol. The van der Waals surface area contributed by atoms with Gasteiger partial charge in [-0.3, -0.25) is 0 Å². The largest absolute Gasteiger partial charge is 0.476 e. The van der Waals surface area contributed by atoms with Crippen molar-refractivity contribution >= 4 is 5.97 Å². The monoisotopic (exact) mass is 235 g/mol. The fourth-order valence-electron chi connectivity index (χ4n) is 2.02. The van der Waals surface area contributed by atoms with Crippen molar-refractivity contribution in [2.24, 2.45) is 0 Å².